The maximum absolute atomic E-state index is 8.68. The Balaban J connectivity index is 1.93. The van der Waals surface area contributed by atoms with Crippen LogP contribution < -0.4 is 5.73 Å². The highest BCUT2D eigenvalue weighted by Crippen LogP contribution is 2.16. The highest BCUT2D eigenvalue weighted by molar-refractivity contribution is 5.58. The van der Waals surface area contributed by atoms with Crippen molar-refractivity contribution in [3.63, 3.8) is 0 Å². The summed E-state index contributed by atoms with van der Waals surface area (Å²) in [6.07, 6.45) is 4.40. The highest BCUT2D eigenvalue weighted by atomic mass is 15.4. The van der Waals surface area contributed by atoms with Crippen molar-refractivity contribution < 1.29 is 0 Å². The van der Waals surface area contributed by atoms with Gasteiger partial charge in [-0.2, -0.15) is 5.26 Å². The van der Waals surface area contributed by atoms with Crippen LogP contribution in [-0.2, 0) is 0 Å². The first-order valence-corrected chi connectivity index (χ1v) is 5.76. The Labute approximate surface area is 114 Å². The number of aromatic nitrogens is 5. The lowest BCUT2D eigenvalue weighted by molar-refractivity contribution is 0.837. The van der Waals surface area contributed by atoms with Crippen molar-refractivity contribution in [2.24, 2.45) is 0 Å². The predicted molar refractivity (Wildman–Crippen MR) is 71.5 cm³/mol. The normalized spacial score (nSPS) is 10.2. The fraction of sp³-hybridized carbons (Fsp3) is 0. The number of benzene rings is 1. The first kappa shape index (κ1) is 11.8. The van der Waals surface area contributed by atoms with E-state index in [2.05, 4.69) is 20.1 Å². The van der Waals surface area contributed by atoms with Gasteiger partial charge in [0, 0.05) is 11.3 Å². The van der Waals surface area contributed by atoms with E-state index < -0.39 is 0 Å². The molecule has 0 fully saturated rings. The van der Waals surface area contributed by atoms with Crippen LogP contribution in [0.3, 0.4) is 0 Å². The van der Waals surface area contributed by atoms with Crippen molar-refractivity contribution in [3.05, 3.63) is 48.7 Å². The molecule has 96 valence electrons. The van der Waals surface area contributed by atoms with Crippen LogP contribution in [0.25, 0.3) is 17.2 Å². The molecular formula is C13H9N7. The van der Waals surface area contributed by atoms with E-state index in [4.69, 9.17) is 11.0 Å². The van der Waals surface area contributed by atoms with Crippen molar-refractivity contribution in [1.82, 2.24) is 24.7 Å². The van der Waals surface area contributed by atoms with Gasteiger partial charge in [-0.15, -0.1) is 5.10 Å². The highest BCUT2D eigenvalue weighted by Gasteiger charge is 2.06. The maximum atomic E-state index is 8.68. The topological polar surface area (TPSA) is 106 Å². The van der Waals surface area contributed by atoms with Gasteiger partial charge in [0.1, 0.15) is 12.4 Å². The third-order valence-electron chi connectivity index (χ3n) is 2.65. The van der Waals surface area contributed by atoms with Gasteiger partial charge < -0.3 is 5.73 Å². The molecule has 0 amide bonds. The van der Waals surface area contributed by atoms with E-state index in [0.29, 0.717) is 17.3 Å². The van der Waals surface area contributed by atoms with Gasteiger partial charge in [-0.3, -0.25) is 0 Å². The van der Waals surface area contributed by atoms with Gasteiger partial charge in [0.25, 0.3) is 0 Å². The molecule has 2 heterocycles. The summed E-state index contributed by atoms with van der Waals surface area (Å²) in [6, 6.07) is 9.18. The third-order valence-corrected chi connectivity index (χ3v) is 2.65. The summed E-state index contributed by atoms with van der Waals surface area (Å²) in [5.41, 5.74) is 7.44. The molecule has 0 unspecified atom stereocenters. The second-order valence-electron chi connectivity index (χ2n) is 4.01. The Bertz CT molecular complexity index is 766. The Kier molecular flexibility index (Phi) is 2.82. The fourth-order valence-electron chi connectivity index (χ4n) is 1.64. The summed E-state index contributed by atoms with van der Waals surface area (Å²) < 4.78 is 1.50. The van der Waals surface area contributed by atoms with Gasteiger partial charge in [0.2, 0.25) is 0 Å². The second kappa shape index (κ2) is 4.78. The minimum Gasteiger partial charge on any atom is -0.399 e. The smallest absolute Gasteiger partial charge is 0.181 e. The molecule has 0 aliphatic rings. The average Bonchev–Trinajstić information content (AvgIpc) is 2.98. The first-order valence-electron chi connectivity index (χ1n) is 5.76. The molecule has 7 heteroatoms. The largest absolute Gasteiger partial charge is 0.399 e. The number of nitrogens with zero attached hydrogens (tertiary/aromatic N) is 6. The summed E-state index contributed by atoms with van der Waals surface area (Å²) in [7, 11) is 0. The van der Waals surface area contributed by atoms with E-state index in [1.54, 1.807) is 18.5 Å². The Hall–Kier alpha value is -3.27. The maximum Gasteiger partial charge on any atom is 0.181 e. The fourth-order valence-corrected chi connectivity index (χ4v) is 1.64. The van der Waals surface area contributed by atoms with E-state index in [-0.39, 0.29) is 5.69 Å². The Morgan fingerprint density at radius 1 is 1.05 bits per heavy atom. The van der Waals surface area contributed by atoms with Crippen LogP contribution in [0.2, 0.25) is 0 Å². The number of rotatable bonds is 2. The molecule has 0 aliphatic heterocycles. The number of hydrogen-bond donors (Lipinski definition) is 1. The summed E-state index contributed by atoms with van der Waals surface area (Å²) in [5.74, 6) is 1.06. The summed E-state index contributed by atoms with van der Waals surface area (Å²) in [4.78, 5) is 12.2. The van der Waals surface area contributed by atoms with Crippen LogP contribution in [0.15, 0.2) is 43.0 Å². The monoisotopic (exact) mass is 263 g/mol. The molecule has 0 saturated heterocycles. The number of nitrogens with two attached hydrogens (primary N) is 1. The molecule has 2 aromatic heterocycles. The van der Waals surface area contributed by atoms with Crippen molar-refractivity contribution in [3.8, 4) is 23.3 Å². The zero-order valence-corrected chi connectivity index (χ0v) is 10.3. The summed E-state index contributed by atoms with van der Waals surface area (Å²) in [5, 5.41) is 13.0. The first-order chi connectivity index (χ1) is 9.76. The van der Waals surface area contributed by atoms with Crippen LogP contribution in [0.1, 0.15) is 5.69 Å². The quantitative estimate of drug-likeness (QED) is 0.696. The standard InChI is InChI=1S/C13H9N7/c14-5-11-6-17-12(7-16-11)20-8-18-13(19-20)9-1-3-10(15)4-2-9/h1-4,6-8H,15H2. The van der Waals surface area contributed by atoms with Gasteiger partial charge in [-0.1, -0.05) is 0 Å². The minimum atomic E-state index is 0.257. The van der Waals surface area contributed by atoms with Crippen LogP contribution in [-0.4, -0.2) is 24.7 Å². The number of hydrogen-bond acceptors (Lipinski definition) is 6. The molecular weight excluding hydrogens is 254 g/mol. The van der Waals surface area contributed by atoms with Crippen molar-refractivity contribution in [1.29, 1.82) is 5.26 Å². The molecule has 3 rings (SSSR count). The van der Waals surface area contributed by atoms with Crippen molar-refractivity contribution >= 4 is 5.69 Å². The van der Waals surface area contributed by atoms with Gasteiger partial charge in [-0.05, 0) is 24.3 Å². The second-order valence-corrected chi connectivity index (χ2v) is 4.01. The van der Waals surface area contributed by atoms with Gasteiger partial charge in [0.15, 0.2) is 17.3 Å². The predicted octanol–water partition coefficient (Wildman–Crippen LogP) is 1.18. The van der Waals surface area contributed by atoms with Crippen LogP contribution >= 0.6 is 0 Å². The molecule has 0 bridgehead atoms. The summed E-state index contributed by atoms with van der Waals surface area (Å²) in [6.45, 7) is 0. The zero-order chi connectivity index (χ0) is 13.9. The van der Waals surface area contributed by atoms with E-state index >= 15 is 0 Å². The zero-order valence-electron chi connectivity index (χ0n) is 10.3. The van der Waals surface area contributed by atoms with E-state index in [1.165, 1.54) is 17.1 Å². The molecule has 3 aromatic rings. The number of anilines is 1. The molecule has 0 radical (unpaired) electrons. The van der Waals surface area contributed by atoms with Crippen LogP contribution in [0, 0.1) is 11.3 Å². The van der Waals surface area contributed by atoms with E-state index in [0.717, 1.165) is 5.56 Å². The van der Waals surface area contributed by atoms with Crippen LogP contribution in [0.5, 0.6) is 0 Å². The number of nitriles is 1. The van der Waals surface area contributed by atoms with Gasteiger partial charge in [0.05, 0.1) is 12.4 Å². The van der Waals surface area contributed by atoms with Gasteiger partial charge in [-0.25, -0.2) is 19.6 Å². The van der Waals surface area contributed by atoms with Gasteiger partial charge >= 0.3 is 0 Å². The van der Waals surface area contributed by atoms with Crippen LogP contribution in [0.4, 0.5) is 5.69 Å². The molecule has 1 aromatic carbocycles. The SMILES string of the molecule is N#Cc1cnc(-n2cnc(-c3ccc(N)cc3)n2)cn1. The lowest BCUT2D eigenvalue weighted by atomic mass is 10.2. The molecule has 2 N–H and O–H groups in total. The van der Waals surface area contributed by atoms with E-state index in [1.807, 2.05) is 18.2 Å². The molecule has 0 spiro atoms. The summed E-state index contributed by atoms with van der Waals surface area (Å²) >= 11 is 0. The molecule has 20 heavy (non-hydrogen) atoms. The Morgan fingerprint density at radius 3 is 2.50 bits per heavy atom. The average molecular weight is 263 g/mol. The minimum absolute atomic E-state index is 0.257. The van der Waals surface area contributed by atoms with E-state index in [9.17, 15) is 0 Å². The van der Waals surface area contributed by atoms with Crippen molar-refractivity contribution in [2.45, 2.75) is 0 Å². The molecule has 0 saturated carbocycles. The van der Waals surface area contributed by atoms with Crippen molar-refractivity contribution in [2.75, 3.05) is 5.73 Å². The third kappa shape index (κ3) is 2.18. The Morgan fingerprint density at radius 2 is 1.85 bits per heavy atom. The molecule has 7 nitrogen and oxygen atoms in total. The number of nitrogen functional groups attached to an aromatic ring is 1. The lowest BCUT2D eigenvalue weighted by Crippen LogP contribution is -2.00. The molecule has 0 atom stereocenters. The molecule has 0 aliphatic carbocycles. The lowest BCUT2D eigenvalue weighted by Gasteiger charge is -1.98.